The van der Waals surface area contributed by atoms with Crippen LogP contribution in [0.3, 0.4) is 0 Å². The third-order valence-electron chi connectivity index (χ3n) is 2.21. The van der Waals surface area contributed by atoms with E-state index in [0.717, 1.165) is 6.07 Å². The smallest absolute Gasteiger partial charge is 0.126 e. The zero-order valence-corrected chi connectivity index (χ0v) is 8.61. The number of hydrogen-bond donors (Lipinski definition) is 1. The van der Waals surface area contributed by atoms with Gasteiger partial charge in [0.1, 0.15) is 11.6 Å². The van der Waals surface area contributed by atoms with Gasteiger partial charge in [-0.2, -0.15) is 5.10 Å². The van der Waals surface area contributed by atoms with Crippen LogP contribution in [0.25, 0.3) is 11.3 Å². The number of hydrogen-bond acceptors (Lipinski definition) is 2. The summed E-state index contributed by atoms with van der Waals surface area (Å²) in [6, 6.07) is 3.17. The summed E-state index contributed by atoms with van der Waals surface area (Å²) in [5, 5.41) is 13.1. The molecule has 3 nitrogen and oxygen atoms in total. The molecule has 1 heterocycles. The molecule has 0 radical (unpaired) electrons. The molecule has 0 saturated carbocycles. The van der Waals surface area contributed by atoms with Crippen molar-refractivity contribution < 1.29 is 13.9 Å². The first-order valence-electron chi connectivity index (χ1n) is 4.70. The second-order valence-corrected chi connectivity index (χ2v) is 3.49. The van der Waals surface area contributed by atoms with E-state index in [1.165, 1.54) is 16.8 Å². The lowest BCUT2D eigenvalue weighted by Crippen LogP contribution is -1.90. The molecule has 0 aliphatic rings. The number of aromatic nitrogens is 2. The number of aryl methyl sites for hydroxylation is 1. The van der Waals surface area contributed by atoms with Gasteiger partial charge in [-0.05, 0) is 12.1 Å². The zero-order chi connectivity index (χ0) is 11.7. The van der Waals surface area contributed by atoms with Crippen molar-refractivity contribution >= 4 is 0 Å². The molecule has 1 aromatic carbocycles. The highest BCUT2D eigenvalue weighted by molar-refractivity contribution is 5.62. The van der Waals surface area contributed by atoms with Crippen molar-refractivity contribution in [1.29, 1.82) is 0 Å². The number of aliphatic hydroxyl groups excluding tert-OH is 1. The summed E-state index contributed by atoms with van der Waals surface area (Å²) in [5.74, 6) is -1.32. The van der Waals surface area contributed by atoms with Crippen LogP contribution in [0.2, 0.25) is 0 Å². The van der Waals surface area contributed by atoms with Gasteiger partial charge in [-0.1, -0.05) is 0 Å². The molecule has 0 spiro atoms. The summed E-state index contributed by atoms with van der Waals surface area (Å²) in [4.78, 5) is 0. The lowest BCUT2D eigenvalue weighted by molar-refractivity contribution is 0.282. The molecule has 84 valence electrons. The molecule has 0 atom stereocenters. The van der Waals surface area contributed by atoms with E-state index >= 15 is 0 Å². The van der Waals surface area contributed by atoms with E-state index in [9.17, 15) is 8.78 Å². The first-order chi connectivity index (χ1) is 7.60. The Hall–Kier alpha value is -1.75. The molecule has 0 amide bonds. The van der Waals surface area contributed by atoms with E-state index in [4.69, 9.17) is 5.11 Å². The maximum absolute atomic E-state index is 13.0. The summed E-state index contributed by atoms with van der Waals surface area (Å²) in [5.41, 5.74) is 1.25. The van der Waals surface area contributed by atoms with Crippen LogP contribution < -0.4 is 0 Å². The minimum atomic E-state index is -0.662. The Morgan fingerprint density at radius 2 is 1.88 bits per heavy atom. The Bertz CT molecular complexity index is 502. The second-order valence-electron chi connectivity index (χ2n) is 3.49. The summed E-state index contributed by atoms with van der Waals surface area (Å²) in [6.07, 6.45) is 1.61. The number of aliphatic hydroxyl groups is 1. The largest absolute Gasteiger partial charge is 0.392 e. The molecule has 1 aromatic heterocycles. The standard InChI is InChI=1S/C11H10F2N2O/c1-15-5-8(6-16)11(14-15)7-2-9(12)4-10(13)3-7/h2-5,16H,6H2,1H3. The molecule has 0 bridgehead atoms. The van der Waals surface area contributed by atoms with Crippen LogP contribution in [0.1, 0.15) is 5.56 Å². The molecule has 2 aromatic rings. The monoisotopic (exact) mass is 224 g/mol. The Kier molecular flexibility index (Phi) is 2.70. The van der Waals surface area contributed by atoms with E-state index in [2.05, 4.69) is 5.10 Å². The van der Waals surface area contributed by atoms with Gasteiger partial charge in [0.25, 0.3) is 0 Å². The molecule has 0 aliphatic heterocycles. The van der Waals surface area contributed by atoms with Crippen LogP contribution in [0.4, 0.5) is 8.78 Å². The van der Waals surface area contributed by atoms with Crippen molar-refractivity contribution in [3.8, 4) is 11.3 Å². The normalized spacial score (nSPS) is 10.8. The Labute approximate surface area is 91.0 Å². The van der Waals surface area contributed by atoms with Crippen LogP contribution in [0, 0.1) is 11.6 Å². The van der Waals surface area contributed by atoms with E-state index in [1.54, 1.807) is 13.2 Å². The third kappa shape index (κ3) is 1.94. The molecule has 0 unspecified atom stereocenters. The predicted molar refractivity (Wildman–Crippen MR) is 54.5 cm³/mol. The second kappa shape index (κ2) is 4.02. The summed E-state index contributed by atoms with van der Waals surface area (Å²) in [6.45, 7) is -0.221. The highest BCUT2D eigenvalue weighted by Gasteiger charge is 2.11. The van der Waals surface area contributed by atoms with Crippen LogP contribution >= 0.6 is 0 Å². The Morgan fingerprint density at radius 3 is 2.44 bits per heavy atom. The van der Waals surface area contributed by atoms with Crippen molar-refractivity contribution in [3.05, 3.63) is 41.6 Å². The van der Waals surface area contributed by atoms with Gasteiger partial charge in [-0.15, -0.1) is 0 Å². The van der Waals surface area contributed by atoms with E-state index < -0.39 is 11.6 Å². The van der Waals surface area contributed by atoms with E-state index in [0.29, 0.717) is 16.8 Å². The van der Waals surface area contributed by atoms with Crippen molar-refractivity contribution in [3.63, 3.8) is 0 Å². The highest BCUT2D eigenvalue weighted by Crippen LogP contribution is 2.23. The minimum Gasteiger partial charge on any atom is -0.392 e. The van der Waals surface area contributed by atoms with Gasteiger partial charge in [0, 0.05) is 30.4 Å². The third-order valence-corrected chi connectivity index (χ3v) is 2.21. The van der Waals surface area contributed by atoms with Crippen molar-refractivity contribution in [2.45, 2.75) is 6.61 Å². The number of halogens is 2. The molecule has 0 aliphatic carbocycles. The molecule has 0 fully saturated rings. The Balaban J connectivity index is 2.57. The maximum Gasteiger partial charge on any atom is 0.126 e. The highest BCUT2D eigenvalue weighted by atomic mass is 19.1. The summed E-state index contributed by atoms with van der Waals surface area (Å²) < 4.78 is 27.5. The van der Waals surface area contributed by atoms with Crippen molar-refractivity contribution in [2.24, 2.45) is 7.05 Å². The molecule has 5 heteroatoms. The van der Waals surface area contributed by atoms with Crippen molar-refractivity contribution in [2.75, 3.05) is 0 Å². The average Bonchev–Trinajstić information content (AvgIpc) is 2.58. The molecular formula is C11H10F2N2O. The van der Waals surface area contributed by atoms with Gasteiger partial charge < -0.3 is 5.11 Å². The average molecular weight is 224 g/mol. The quantitative estimate of drug-likeness (QED) is 0.845. The van der Waals surface area contributed by atoms with Gasteiger partial charge >= 0.3 is 0 Å². The van der Waals surface area contributed by atoms with E-state index in [1.807, 2.05) is 0 Å². The fourth-order valence-corrected chi connectivity index (χ4v) is 1.59. The predicted octanol–water partition coefficient (Wildman–Crippen LogP) is 1.86. The lowest BCUT2D eigenvalue weighted by atomic mass is 10.1. The lowest BCUT2D eigenvalue weighted by Gasteiger charge is -2.00. The SMILES string of the molecule is Cn1cc(CO)c(-c2cc(F)cc(F)c2)n1. The van der Waals surface area contributed by atoms with E-state index in [-0.39, 0.29) is 6.61 Å². The molecule has 1 N–H and O–H groups in total. The van der Waals surface area contributed by atoms with Gasteiger partial charge in [-0.25, -0.2) is 8.78 Å². The molecule has 16 heavy (non-hydrogen) atoms. The van der Waals surface area contributed by atoms with Crippen LogP contribution in [0.5, 0.6) is 0 Å². The van der Waals surface area contributed by atoms with Crippen LogP contribution in [0.15, 0.2) is 24.4 Å². The fourth-order valence-electron chi connectivity index (χ4n) is 1.59. The van der Waals surface area contributed by atoms with Crippen LogP contribution in [-0.2, 0) is 13.7 Å². The van der Waals surface area contributed by atoms with Gasteiger partial charge in [0.05, 0.1) is 12.3 Å². The maximum atomic E-state index is 13.0. The first kappa shape index (κ1) is 10.8. The van der Waals surface area contributed by atoms with Gasteiger partial charge in [0.15, 0.2) is 0 Å². The fraction of sp³-hybridized carbons (Fsp3) is 0.182. The summed E-state index contributed by atoms with van der Waals surface area (Å²) in [7, 11) is 1.68. The summed E-state index contributed by atoms with van der Waals surface area (Å²) >= 11 is 0. The van der Waals surface area contributed by atoms with Gasteiger partial charge in [0.2, 0.25) is 0 Å². The first-order valence-corrected chi connectivity index (χ1v) is 4.70. The minimum absolute atomic E-state index is 0.221. The molecule has 2 rings (SSSR count). The topological polar surface area (TPSA) is 38.0 Å². The zero-order valence-electron chi connectivity index (χ0n) is 8.61. The number of benzene rings is 1. The van der Waals surface area contributed by atoms with Gasteiger partial charge in [-0.3, -0.25) is 4.68 Å². The Morgan fingerprint density at radius 1 is 1.25 bits per heavy atom. The van der Waals surface area contributed by atoms with Crippen molar-refractivity contribution in [1.82, 2.24) is 9.78 Å². The molecular weight excluding hydrogens is 214 g/mol. The number of rotatable bonds is 2. The number of nitrogens with zero attached hydrogens (tertiary/aromatic N) is 2. The van der Waals surface area contributed by atoms with Crippen LogP contribution in [-0.4, -0.2) is 14.9 Å². The molecule has 0 saturated heterocycles.